The van der Waals surface area contributed by atoms with Gasteiger partial charge in [-0.25, -0.2) is 9.67 Å². The predicted molar refractivity (Wildman–Crippen MR) is 98.2 cm³/mol. The average Bonchev–Trinajstić information content (AvgIpc) is 2.96. The molecule has 0 atom stereocenters. The van der Waals surface area contributed by atoms with E-state index in [4.69, 9.17) is 16.3 Å². The molecule has 0 saturated carbocycles. The molecule has 3 rings (SSSR count). The summed E-state index contributed by atoms with van der Waals surface area (Å²) in [5.41, 5.74) is 0.538. The molecule has 7 nitrogen and oxygen atoms in total. The van der Waals surface area contributed by atoms with Gasteiger partial charge in [0.1, 0.15) is 23.2 Å². The van der Waals surface area contributed by atoms with Crippen LogP contribution in [0.4, 0.5) is 0 Å². The Morgan fingerprint density at radius 3 is 2.58 bits per heavy atom. The van der Waals surface area contributed by atoms with Crippen molar-refractivity contribution < 1.29 is 9.53 Å². The first-order chi connectivity index (χ1) is 12.2. The van der Waals surface area contributed by atoms with Crippen LogP contribution < -0.4 is 5.56 Å². The smallest absolute Gasteiger partial charge is 0.328 e. The van der Waals surface area contributed by atoms with Crippen molar-refractivity contribution >= 4 is 28.6 Å². The molecule has 136 valence electrons. The lowest BCUT2D eigenvalue weighted by atomic mass is 10.2. The van der Waals surface area contributed by atoms with E-state index in [1.54, 1.807) is 31.7 Å². The molecule has 26 heavy (non-hydrogen) atoms. The molecular weight excluding hydrogens is 356 g/mol. The highest BCUT2D eigenvalue weighted by Crippen LogP contribution is 2.18. The Bertz CT molecular complexity index is 1000. The molecule has 0 spiro atoms. The van der Waals surface area contributed by atoms with E-state index in [-0.39, 0.29) is 11.7 Å². The average molecular weight is 375 g/mol. The van der Waals surface area contributed by atoms with Crippen LogP contribution >= 0.6 is 11.6 Å². The fraction of sp³-hybridized carbons (Fsp3) is 0.333. The number of carbonyl (C=O) groups excluding carboxylic acids is 1. The summed E-state index contributed by atoms with van der Waals surface area (Å²) in [6, 6.07) is 9.67. The molecule has 0 fully saturated rings. The summed E-state index contributed by atoms with van der Waals surface area (Å²) < 4.78 is 7.97. The summed E-state index contributed by atoms with van der Waals surface area (Å²) in [6.45, 7) is 5.41. The van der Waals surface area contributed by atoms with E-state index < -0.39 is 17.1 Å². The third-order valence-electron chi connectivity index (χ3n) is 3.57. The zero-order chi connectivity index (χ0) is 18.9. The Kier molecular flexibility index (Phi) is 4.82. The van der Waals surface area contributed by atoms with Gasteiger partial charge in [-0.1, -0.05) is 41.9 Å². The van der Waals surface area contributed by atoms with Crippen LogP contribution in [0.3, 0.4) is 0 Å². The van der Waals surface area contributed by atoms with E-state index in [9.17, 15) is 9.59 Å². The standard InChI is InChI=1S/C18H19ClN4O3/c1-18(2,3)26-13(24)10-23-17(25)15-14(16(19)21-23)20-11-22(15)9-12-7-5-4-6-8-12/h4-8,11H,9-10H2,1-3H3. The number of fused-ring (bicyclic) bond motifs is 1. The zero-order valence-corrected chi connectivity index (χ0v) is 15.5. The SMILES string of the molecule is CC(C)(C)OC(=O)Cn1nc(Cl)c2ncn(Cc3ccccc3)c2c1=O. The van der Waals surface area contributed by atoms with Crippen LogP contribution in [0.2, 0.25) is 5.15 Å². The van der Waals surface area contributed by atoms with Crippen molar-refractivity contribution in [2.75, 3.05) is 0 Å². The lowest BCUT2D eigenvalue weighted by molar-refractivity contribution is -0.155. The van der Waals surface area contributed by atoms with Crippen LogP contribution in [0.25, 0.3) is 11.0 Å². The first-order valence-corrected chi connectivity index (χ1v) is 8.49. The zero-order valence-electron chi connectivity index (χ0n) is 14.8. The molecule has 0 aliphatic heterocycles. The first kappa shape index (κ1) is 18.1. The fourth-order valence-corrected chi connectivity index (χ4v) is 2.81. The number of halogens is 1. The van der Waals surface area contributed by atoms with E-state index >= 15 is 0 Å². The molecule has 0 radical (unpaired) electrons. The summed E-state index contributed by atoms with van der Waals surface area (Å²) in [4.78, 5) is 29.1. The van der Waals surface area contributed by atoms with Crippen LogP contribution in [0.15, 0.2) is 41.5 Å². The number of esters is 1. The van der Waals surface area contributed by atoms with Crippen LogP contribution in [0.5, 0.6) is 0 Å². The molecule has 0 N–H and O–H groups in total. The van der Waals surface area contributed by atoms with Crippen LogP contribution in [-0.4, -0.2) is 30.9 Å². The summed E-state index contributed by atoms with van der Waals surface area (Å²) in [7, 11) is 0. The summed E-state index contributed by atoms with van der Waals surface area (Å²) in [5, 5.41) is 4.05. The van der Waals surface area contributed by atoms with Gasteiger partial charge in [-0.15, -0.1) is 0 Å². The minimum absolute atomic E-state index is 0.0648. The van der Waals surface area contributed by atoms with Gasteiger partial charge in [0.15, 0.2) is 5.15 Å². The molecule has 2 aromatic heterocycles. The second-order valence-corrected chi connectivity index (χ2v) is 7.25. The molecule has 0 unspecified atom stereocenters. The molecular formula is C18H19ClN4O3. The predicted octanol–water partition coefficient (Wildman–Crippen LogP) is 2.64. The largest absolute Gasteiger partial charge is 0.459 e. The molecule has 0 saturated heterocycles. The molecule has 0 amide bonds. The molecule has 2 heterocycles. The minimum atomic E-state index is -0.649. The van der Waals surface area contributed by atoms with Crippen molar-refractivity contribution in [2.45, 2.75) is 39.5 Å². The molecule has 0 aliphatic rings. The number of benzene rings is 1. The highest BCUT2D eigenvalue weighted by Gasteiger charge is 2.20. The van der Waals surface area contributed by atoms with Crippen molar-refractivity contribution in [3.63, 3.8) is 0 Å². The van der Waals surface area contributed by atoms with E-state index in [1.165, 1.54) is 0 Å². The molecule has 8 heteroatoms. The normalized spacial score (nSPS) is 11.7. The van der Waals surface area contributed by atoms with E-state index in [0.717, 1.165) is 10.2 Å². The third kappa shape index (κ3) is 3.94. The number of rotatable bonds is 4. The van der Waals surface area contributed by atoms with Crippen molar-refractivity contribution in [3.05, 3.63) is 57.7 Å². The summed E-state index contributed by atoms with van der Waals surface area (Å²) >= 11 is 6.17. The molecule has 0 aliphatic carbocycles. The lowest BCUT2D eigenvalue weighted by Gasteiger charge is -2.19. The second-order valence-electron chi connectivity index (χ2n) is 6.90. The Hall–Kier alpha value is -2.67. The van der Waals surface area contributed by atoms with Gasteiger partial charge >= 0.3 is 5.97 Å². The highest BCUT2D eigenvalue weighted by molar-refractivity contribution is 6.33. The monoisotopic (exact) mass is 374 g/mol. The number of imidazole rings is 1. The number of aromatic nitrogens is 4. The maximum atomic E-state index is 12.8. The van der Waals surface area contributed by atoms with Gasteiger partial charge in [0, 0.05) is 6.54 Å². The number of hydrogen-bond acceptors (Lipinski definition) is 5. The lowest BCUT2D eigenvalue weighted by Crippen LogP contribution is -2.32. The summed E-state index contributed by atoms with van der Waals surface area (Å²) in [6.07, 6.45) is 1.55. The quantitative estimate of drug-likeness (QED) is 0.656. The van der Waals surface area contributed by atoms with Gasteiger partial charge in [0.05, 0.1) is 6.33 Å². The van der Waals surface area contributed by atoms with E-state index in [0.29, 0.717) is 17.6 Å². The van der Waals surface area contributed by atoms with Gasteiger partial charge in [-0.3, -0.25) is 9.59 Å². The second kappa shape index (κ2) is 6.92. The highest BCUT2D eigenvalue weighted by atomic mass is 35.5. The van der Waals surface area contributed by atoms with Crippen molar-refractivity contribution in [1.82, 2.24) is 19.3 Å². The summed E-state index contributed by atoms with van der Waals surface area (Å²) in [5.74, 6) is -0.559. The van der Waals surface area contributed by atoms with Crippen molar-refractivity contribution in [1.29, 1.82) is 0 Å². The fourth-order valence-electron chi connectivity index (χ4n) is 2.58. The Morgan fingerprint density at radius 1 is 1.23 bits per heavy atom. The Balaban J connectivity index is 1.99. The van der Waals surface area contributed by atoms with Gasteiger partial charge in [0.25, 0.3) is 5.56 Å². The van der Waals surface area contributed by atoms with Gasteiger partial charge < -0.3 is 9.30 Å². The van der Waals surface area contributed by atoms with Gasteiger partial charge in [0.2, 0.25) is 0 Å². The first-order valence-electron chi connectivity index (χ1n) is 8.12. The van der Waals surface area contributed by atoms with Gasteiger partial charge in [-0.2, -0.15) is 5.10 Å². The molecule has 0 bridgehead atoms. The molecule has 3 aromatic rings. The molecule has 1 aromatic carbocycles. The van der Waals surface area contributed by atoms with Crippen LogP contribution in [0.1, 0.15) is 26.3 Å². The topological polar surface area (TPSA) is 79.0 Å². The van der Waals surface area contributed by atoms with Gasteiger partial charge in [-0.05, 0) is 26.3 Å². The number of nitrogens with zero attached hydrogens (tertiary/aromatic N) is 4. The number of ether oxygens (including phenoxy) is 1. The maximum absolute atomic E-state index is 12.8. The van der Waals surface area contributed by atoms with E-state index in [2.05, 4.69) is 10.1 Å². The maximum Gasteiger partial charge on any atom is 0.328 e. The van der Waals surface area contributed by atoms with Crippen molar-refractivity contribution in [3.8, 4) is 0 Å². The van der Waals surface area contributed by atoms with Crippen molar-refractivity contribution in [2.24, 2.45) is 0 Å². The van der Waals surface area contributed by atoms with Crippen LogP contribution in [-0.2, 0) is 22.6 Å². The van der Waals surface area contributed by atoms with E-state index in [1.807, 2.05) is 30.3 Å². The minimum Gasteiger partial charge on any atom is -0.459 e. The Labute approximate surface area is 155 Å². The van der Waals surface area contributed by atoms with Crippen LogP contribution in [0, 0.1) is 0 Å². The number of hydrogen-bond donors (Lipinski definition) is 0. The Morgan fingerprint density at radius 2 is 1.92 bits per heavy atom. The third-order valence-corrected chi connectivity index (χ3v) is 3.83. The number of carbonyl (C=O) groups is 1.